The van der Waals surface area contributed by atoms with Crippen molar-refractivity contribution in [3.8, 4) is 0 Å². The van der Waals surface area contributed by atoms with Crippen LogP contribution in [0.4, 0.5) is 0 Å². The maximum atomic E-state index is 12.3. The van der Waals surface area contributed by atoms with Gasteiger partial charge in [0.05, 0.1) is 17.3 Å². The van der Waals surface area contributed by atoms with E-state index in [2.05, 4.69) is 15.5 Å². The van der Waals surface area contributed by atoms with Crippen LogP contribution < -0.4 is 5.32 Å². The van der Waals surface area contributed by atoms with Crippen LogP contribution in [-0.4, -0.2) is 33.2 Å². The molecular weight excluding hydrogens is 258 g/mol. The smallest absolute Gasteiger partial charge is 0.326 e. The van der Waals surface area contributed by atoms with Crippen molar-refractivity contribution in [2.75, 3.05) is 0 Å². The molecule has 20 heavy (non-hydrogen) atoms. The van der Waals surface area contributed by atoms with Gasteiger partial charge in [-0.2, -0.15) is 5.10 Å². The van der Waals surface area contributed by atoms with Crippen molar-refractivity contribution < 1.29 is 14.7 Å². The quantitative estimate of drug-likeness (QED) is 0.776. The van der Waals surface area contributed by atoms with Gasteiger partial charge < -0.3 is 10.4 Å². The number of aromatic nitrogens is 2. The van der Waals surface area contributed by atoms with Gasteiger partial charge in [0.2, 0.25) is 0 Å². The Hall–Kier alpha value is -2.37. The highest BCUT2D eigenvalue weighted by Gasteiger charge is 2.21. The number of benzene rings is 1. The molecule has 0 bridgehead atoms. The second kappa shape index (κ2) is 5.73. The van der Waals surface area contributed by atoms with Gasteiger partial charge in [-0.15, -0.1) is 0 Å². The molecule has 1 aromatic heterocycles. The molecule has 1 heterocycles. The number of aromatic amines is 1. The fourth-order valence-corrected chi connectivity index (χ4v) is 2.17. The third-order valence-corrected chi connectivity index (χ3v) is 3.12. The number of nitrogens with one attached hydrogen (secondary N) is 2. The number of hydrogen-bond donors (Lipinski definition) is 3. The lowest BCUT2D eigenvalue weighted by Gasteiger charge is -2.14. The van der Waals surface area contributed by atoms with Crippen LogP contribution >= 0.6 is 0 Å². The maximum absolute atomic E-state index is 12.3. The molecule has 1 unspecified atom stereocenters. The SMILES string of the molecule is CCCC(NC(=O)c1cc(C)cc2cn[nH]c12)C(=O)O. The third kappa shape index (κ3) is 2.79. The molecule has 1 amide bonds. The summed E-state index contributed by atoms with van der Waals surface area (Å²) < 4.78 is 0. The fraction of sp³-hybridized carbons (Fsp3) is 0.357. The summed E-state index contributed by atoms with van der Waals surface area (Å²) >= 11 is 0. The monoisotopic (exact) mass is 275 g/mol. The molecule has 0 saturated heterocycles. The number of H-pyrrole nitrogens is 1. The van der Waals surface area contributed by atoms with Crippen LogP contribution in [0.5, 0.6) is 0 Å². The van der Waals surface area contributed by atoms with Crippen LogP contribution in [-0.2, 0) is 4.79 Å². The molecule has 0 aliphatic rings. The Labute approximate surface area is 116 Å². The Kier molecular flexibility index (Phi) is 4.02. The van der Waals surface area contributed by atoms with Gasteiger partial charge in [0, 0.05) is 5.39 Å². The average molecular weight is 275 g/mol. The third-order valence-electron chi connectivity index (χ3n) is 3.12. The summed E-state index contributed by atoms with van der Waals surface area (Å²) in [6, 6.07) is 2.77. The second-order valence-corrected chi connectivity index (χ2v) is 4.80. The highest BCUT2D eigenvalue weighted by atomic mass is 16.4. The number of carbonyl (C=O) groups is 2. The van der Waals surface area contributed by atoms with Crippen molar-refractivity contribution in [2.45, 2.75) is 32.7 Å². The first kappa shape index (κ1) is 14.0. The number of carboxylic acids is 1. The van der Waals surface area contributed by atoms with Crippen molar-refractivity contribution in [2.24, 2.45) is 0 Å². The summed E-state index contributed by atoms with van der Waals surface area (Å²) in [5.74, 6) is -1.42. The first-order chi connectivity index (χ1) is 9.52. The predicted molar refractivity (Wildman–Crippen MR) is 74.6 cm³/mol. The van der Waals surface area contributed by atoms with Gasteiger partial charge in [0.25, 0.3) is 5.91 Å². The van der Waals surface area contributed by atoms with Crippen molar-refractivity contribution in [3.05, 3.63) is 29.5 Å². The zero-order valence-corrected chi connectivity index (χ0v) is 11.4. The Balaban J connectivity index is 2.31. The molecule has 0 spiro atoms. The number of hydrogen-bond acceptors (Lipinski definition) is 3. The molecule has 0 aliphatic heterocycles. The molecule has 0 aliphatic carbocycles. The number of aryl methyl sites for hydroxylation is 1. The van der Waals surface area contributed by atoms with Gasteiger partial charge in [-0.1, -0.05) is 13.3 Å². The van der Waals surface area contributed by atoms with Crippen molar-refractivity contribution in [1.82, 2.24) is 15.5 Å². The first-order valence-electron chi connectivity index (χ1n) is 6.50. The number of rotatable bonds is 5. The molecule has 1 atom stereocenters. The molecule has 2 aromatic rings. The van der Waals surface area contributed by atoms with Gasteiger partial charge in [0.15, 0.2) is 0 Å². The van der Waals surface area contributed by atoms with Gasteiger partial charge in [0.1, 0.15) is 6.04 Å². The van der Waals surface area contributed by atoms with E-state index in [1.54, 1.807) is 12.3 Å². The van der Waals surface area contributed by atoms with Crippen LogP contribution in [0.25, 0.3) is 10.9 Å². The number of nitrogens with zero attached hydrogens (tertiary/aromatic N) is 1. The molecule has 6 nitrogen and oxygen atoms in total. The van der Waals surface area contributed by atoms with Crippen LogP contribution in [0.15, 0.2) is 18.3 Å². The summed E-state index contributed by atoms with van der Waals surface area (Å²) in [6.45, 7) is 3.76. The number of amides is 1. The number of fused-ring (bicyclic) bond motifs is 1. The van der Waals surface area contributed by atoms with E-state index in [0.29, 0.717) is 23.9 Å². The molecule has 1 aromatic carbocycles. The minimum atomic E-state index is -1.02. The van der Waals surface area contributed by atoms with E-state index < -0.39 is 17.9 Å². The molecule has 3 N–H and O–H groups in total. The summed E-state index contributed by atoms with van der Waals surface area (Å²) in [4.78, 5) is 23.4. The highest BCUT2D eigenvalue weighted by molar-refractivity contribution is 6.06. The highest BCUT2D eigenvalue weighted by Crippen LogP contribution is 2.18. The number of aliphatic carboxylic acids is 1. The molecule has 6 heteroatoms. The Bertz CT molecular complexity index is 648. The zero-order chi connectivity index (χ0) is 14.7. The van der Waals surface area contributed by atoms with Crippen LogP contribution in [0.1, 0.15) is 35.7 Å². The van der Waals surface area contributed by atoms with Crippen molar-refractivity contribution >= 4 is 22.8 Å². The van der Waals surface area contributed by atoms with E-state index >= 15 is 0 Å². The summed E-state index contributed by atoms with van der Waals surface area (Å²) in [7, 11) is 0. The number of carboxylic acid groups (broad SMARTS) is 1. The molecule has 106 valence electrons. The molecule has 0 fully saturated rings. The van der Waals surface area contributed by atoms with Gasteiger partial charge in [-0.25, -0.2) is 4.79 Å². The molecule has 2 rings (SSSR count). The Morgan fingerprint density at radius 1 is 1.45 bits per heavy atom. The average Bonchev–Trinajstić information content (AvgIpc) is 2.84. The first-order valence-corrected chi connectivity index (χ1v) is 6.50. The van der Waals surface area contributed by atoms with Gasteiger partial charge in [-0.3, -0.25) is 9.89 Å². The van der Waals surface area contributed by atoms with E-state index in [4.69, 9.17) is 5.11 Å². The lowest BCUT2D eigenvalue weighted by molar-refractivity contribution is -0.139. The van der Waals surface area contributed by atoms with Crippen molar-refractivity contribution in [3.63, 3.8) is 0 Å². The zero-order valence-electron chi connectivity index (χ0n) is 11.4. The summed E-state index contributed by atoms with van der Waals surface area (Å²) in [6.07, 6.45) is 2.73. The topological polar surface area (TPSA) is 95.1 Å². The summed E-state index contributed by atoms with van der Waals surface area (Å²) in [5, 5.41) is 19.2. The van der Waals surface area contributed by atoms with Gasteiger partial charge in [-0.05, 0) is 31.0 Å². The second-order valence-electron chi connectivity index (χ2n) is 4.80. The minimum Gasteiger partial charge on any atom is -0.480 e. The summed E-state index contributed by atoms with van der Waals surface area (Å²) in [5.41, 5.74) is 1.96. The lowest BCUT2D eigenvalue weighted by atomic mass is 10.1. The lowest BCUT2D eigenvalue weighted by Crippen LogP contribution is -2.40. The van der Waals surface area contributed by atoms with Gasteiger partial charge >= 0.3 is 5.97 Å². The number of carbonyl (C=O) groups excluding carboxylic acids is 1. The minimum absolute atomic E-state index is 0.399. The predicted octanol–water partition coefficient (Wildman–Crippen LogP) is 1.85. The van der Waals surface area contributed by atoms with Crippen LogP contribution in [0, 0.1) is 6.92 Å². The Morgan fingerprint density at radius 3 is 2.85 bits per heavy atom. The van der Waals surface area contributed by atoms with E-state index in [-0.39, 0.29) is 0 Å². The van der Waals surface area contributed by atoms with E-state index in [1.165, 1.54) is 0 Å². The molecular formula is C14H17N3O3. The maximum Gasteiger partial charge on any atom is 0.326 e. The standard InChI is InChI=1S/C14H17N3O3/c1-3-4-11(14(19)20)16-13(18)10-6-8(2)5-9-7-15-17-12(9)10/h5-7,11H,3-4H2,1-2H3,(H,15,17)(H,16,18)(H,19,20). The van der Waals surface area contributed by atoms with Crippen molar-refractivity contribution in [1.29, 1.82) is 0 Å². The van der Waals surface area contributed by atoms with Crippen LogP contribution in [0.2, 0.25) is 0 Å². The Morgan fingerprint density at radius 2 is 2.20 bits per heavy atom. The molecule has 0 radical (unpaired) electrons. The largest absolute Gasteiger partial charge is 0.480 e. The van der Waals surface area contributed by atoms with E-state index in [9.17, 15) is 9.59 Å². The fourth-order valence-electron chi connectivity index (χ4n) is 2.17. The van der Waals surface area contributed by atoms with E-state index in [1.807, 2.05) is 19.9 Å². The molecule has 0 saturated carbocycles. The normalized spacial score (nSPS) is 12.3. The van der Waals surface area contributed by atoms with E-state index in [0.717, 1.165) is 10.9 Å². The van der Waals surface area contributed by atoms with Crippen LogP contribution in [0.3, 0.4) is 0 Å².